The van der Waals surface area contributed by atoms with E-state index in [1.807, 2.05) is 0 Å². The first kappa shape index (κ1) is 11.7. The Balaban J connectivity index is 2.54. The Hall–Kier alpha value is -0.330. The molecule has 0 aliphatic carbocycles. The molecule has 0 radical (unpaired) electrons. The van der Waals surface area contributed by atoms with Crippen molar-refractivity contribution in [2.45, 2.75) is 31.2 Å². The first-order valence-electron chi connectivity index (χ1n) is 4.56. The second-order valence-electron chi connectivity index (χ2n) is 3.19. The molecule has 0 unspecified atom stereocenters. The molecule has 0 amide bonds. The minimum atomic E-state index is -4.46. The highest BCUT2D eigenvalue weighted by Crippen LogP contribution is 2.41. The van der Waals surface area contributed by atoms with Gasteiger partial charge in [-0.2, -0.15) is 13.2 Å². The van der Waals surface area contributed by atoms with Gasteiger partial charge in [-0.15, -0.1) is 0 Å². The van der Waals surface area contributed by atoms with Crippen LogP contribution in [-0.2, 0) is 9.47 Å². The van der Waals surface area contributed by atoms with Crippen molar-refractivity contribution < 1.29 is 22.6 Å². The molecule has 0 atom stereocenters. The first-order chi connectivity index (χ1) is 6.52. The Morgan fingerprint density at radius 1 is 1.14 bits per heavy atom. The SMILES string of the molecule is NCCCCC1(C(F)(F)F)OCCO1. The number of ether oxygens (including phenoxy) is 2. The molecule has 0 aromatic rings. The predicted octanol–water partition coefficient (Wildman–Crippen LogP) is 1.42. The summed E-state index contributed by atoms with van der Waals surface area (Å²) in [4.78, 5) is 0. The number of alkyl halides is 3. The quantitative estimate of drug-likeness (QED) is 0.718. The van der Waals surface area contributed by atoms with Gasteiger partial charge in [0.05, 0.1) is 13.2 Å². The number of halogens is 3. The molecule has 1 saturated heterocycles. The van der Waals surface area contributed by atoms with E-state index in [0.29, 0.717) is 19.4 Å². The first-order valence-corrected chi connectivity index (χ1v) is 4.56. The van der Waals surface area contributed by atoms with Crippen LogP contribution >= 0.6 is 0 Å². The van der Waals surface area contributed by atoms with Crippen LogP contribution < -0.4 is 5.73 Å². The van der Waals surface area contributed by atoms with Crippen LogP contribution in [0.4, 0.5) is 13.2 Å². The lowest BCUT2D eigenvalue weighted by Gasteiger charge is -2.29. The van der Waals surface area contributed by atoms with Crippen LogP contribution in [0, 0.1) is 0 Å². The molecule has 0 bridgehead atoms. The van der Waals surface area contributed by atoms with Crippen LogP contribution in [0.3, 0.4) is 0 Å². The summed E-state index contributed by atoms with van der Waals surface area (Å²) in [6.07, 6.45) is -3.73. The molecule has 6 heteroatoms. The van der Waals surface area contributed by atoms with Gasteiger partial charge in [-0.3, -0.25) is 0 Å². The van der Waals surface area contributed by atoms with Gasteiger partial charge < -0.3 is 15.2 Å². The van der Waals surface area contributed by atoms with Gasteiger partial charge in [0.1, 0.15) is 0 Å². The fraction of sp³-hybridized carbons (Fsp3) is 1.00. The van der Waals surface area contributed by atoms with Gasteiger partial charge >= 0.3 is 6.18 Å². The molecule has 1 rings (SSSR count). The van der Waals surface area contributed by atoms with Crippen molar-refractivity contribution in [3.8, 4) is 0 Å². The highest BCUT2D eigenvalue weighted by atomic mass is 19.4. The lowest BCUT2D eigenvalue weighted by molar-refractivity contribution is -0.346. The van der Waals surface area contributed by atoms with E-state index in [-0.39, 0.29) is 19.6 Å². The fourth-order valence-electron chi connectivity index (χ4n) is 1.41. The van der Waals surface area contributed by atoms with E-state index in [1.165, 1.54) is 0 Å². The molecule has 1 fully saturated rings. The number of unbranched alkanes of at least 4 members (excludes halogenated alkanes) is 1. The van der Waals surface area contributed by atoms with Crippen molar-refractivity contribution in [1.29, 1.82) is 0 Å². The molecule has 3 nitrogen and oxygen atoms in total. The van der Waals surface area contributed by atoms with Gasteiger partial charge in [-0.25, -0.2) is 0 Å². The molecule has 0 aromatic heterocycles. The molecule has 0 spiro atoms. The maximum atomic E-state index is 12.6. The standard InChI is InChI=1S/C8H14F3NO2/c9-8(10,11)7(3-1-2-4-12)13-5-6-14-7/h1-6,12H2. The molecule has 14 heavy (non-hydrogen) atoms. The maximum absolute atomic E-state index is 12.6. The summed E-state index contributed by atoms with van der Waals surface area (Å²) in [6, 6.07) is 0. The molecule has 0 saturated carbocycles. The summed E-state index contributed by atoms with van der Waals surface area (Å²) in [5, 5.41) is 0. The van der Waals surface area contributed by atoms with Crippen LogP contribution in [0.2, 0.25) is 0 Å². The largest absolute Gasteiger partial charge is 0.443 e. The average Bonchev–Trinajstić information content (AvgIpc) is 2.53. The third-order valence-electron chi connectivity index (χ3n) is 2.15. The number of hydrogen-bond acceptors (Lipinski definition) is 3. The van der Waals surface area contributed by atoms with E-state index >= 15 is 0 Å². The van der Waals surface area contributed by atoms with Crippen LogP contribution in [-0.4, -0.2) is 31.7 Å². The summed E-state index contributed by atoms with van der Waals surface area (Å²) < 4.78 is 47.0. The van der Waals surface area contributed by atoms with Crippen molar-refractivity contribution in [2.24, 2.45) is 5.73 Å². The van der Waals surface area contributed by atoms with E-state index in [0.717, 1.165) is 0 Å². The van der Waals surface area contributed by atoms with Crippen molar-refractivity contribution in [2.75, 3.05) is 19.8 Å². The zero-order chi connectivity index (χ0) is 10.7. The van der Waals surface area contributed by atoms with Crippen LogP contribution in [0.15, 0.2) is 0 Å². The van der Waals surface area contributed by atoms with Gasteiger partial charge in [0.15, 0.2) is 0 Å². The Morgan fingerprint density at radius 2 is 1.71 bits per heavy atom. The van der Waals surface area contributed by atoms with Crippen LogP contribution in [0.25, 0.3) is 0 Å². The van der Waals surface area contributed by atoms with Gasteiger partial charge in [-0.05, 0) is 19.4 Å². The Morgan fingerprint density at radius 3 is 2.14 bits per heavy atom. The van der Waals surface area contributed by atoms with Crippen molar-refractivity contribution in [3.05, 3.63) is 0 Å². The van der Waals surface area contributed by atoms with Gasteiger partial charge in [0.2, 0.25) is 0 Å². The Bertz CT molecular complexity index is 178. The molecule has 0 aromatic carbocycles. The minimum absolute atomic E-state index is 0.00212. The molecular weight excluding hydrogens is 199 g/mol. The predicted molar refractivity (Wildman–Crippen MR) is 43.6 cm³/mol. The number of hydrogen-bond donors (Lipinski definition) is 1. The molecule has 1 aliphatic heterocycles. The van der Waals surface area contributed by atoms with E-state index in [1.54, 1.807) is 0 Å². The molecule has 1 aliphatic rings. The third kappa shape index (κ3) is 2.37. The molecule has 1 heterocycles. The van der Waals surface area contributed by atoms with Crippen molar-refractivity contribution in [1.82, 2.24) is 0 Å². The summed E-state index contributed by atoms with van der Waals surface area (Å²) in [5.74, 6) is -2.37. The van der Waals surface area contributed by atoms with E-state index in [2.05, 4.69) is 9.47 Å². The summed E-state index contributed by atoms with van der Waals surface area (Å²) in [7, 11) is 0. The van der Waals surface area contributed by atoms with Crippen LogP contribution in [0.1, 0.15) is 19.3 Å². The smallest absolute Gasteiger partial charge is 0.340 e. The van der Waals surface area contributed by atoms with E-state index in [4.69, 9.17) is 5.73 Å². The van der Waals surface area contributed by atoms with Crippen LogP contribution in [0.5, 0.6) is 0 Å². The normalized spacial score (nSPS) is 21.4. The lowest BCUT2D eigenvalue weighted by atomic mass is 10.1. The second-order valence-corrected chi connectivity index (χ2v) is 3.19. The Labute approximate surface area is 80.4 Å². The third-order valence-corrected chi connectivity index (χ3v) is 2.15. The topological polar surface area (TPSA) is 44.5 Å². The second kappa shape index (κ2) is 4.46. The highest BCUT2D eigenvalue weighted by Gasteiger charge is 2.59. The van der Waals surface area contributed by atoms with E-state index in [9.17, 15) is 13.2 Å². The monoisotopic (exact) mass is 213 g/mol. The summed E-state index contributed by atoms with van der Waals surface area (Å²) in [6.45, 7) is 0.387. The molecule has 84 valence electrons. The molecular formula is C8H14F3NO2. The number of nitrogens with two attached hydrogens (primary N) is 1. The van der Waals surface area contributed by atoms with Crippen molar-refractivity contribution in [3.63, 3.8) is 0 Å². The minimum Gasteiger partial charge on any atom is -0.340 e. The fourth-order valence-corrected chi connectivity index (χ4v) is 1.41. The van der Waals surface area contributed by atoms with Gasteiger partial charge in [-0.1, -0.05) is 0 Å². The number of rotatable bonds is 4. The summed E-state index contributed by atoms with van der Waals surface area (Å²) in [5.41, 5.74) is 5.20. The zero-order valence-electron chi connectivity index (χ0n) is 7.77. The lowest BCUT2D eigenvalue weighted by Crippen LogP contribution is -2.46. The highest BCUT2D eigenvalue weighted by molar-refractivity contribution is 4.82. The maximum Gasteiger partial charge on any atom is 0.443 e. The van der Waals surface area contributed by atoms with Gasteiger partial charge in [0, 0.05) is 6.42 Å². The van der Waals surface area contributed by atoms with E-state index < -0.39 is 12.0 Å². The van der Waals surface area contributed by atoms with Gasteiger partial charge in [0.25, 0.3) is 5.79 Å². The Kier molecular flexibility index (Phi) is 3.74. The zero-order valence-corrected chi connectivity index (χ0v) is 7.77. The summed E-state index contributed by atoms with van der Waals surface area (Å²) >= 11 is 0. The average molecular weight is 213 g/mol. The van der Waals surface area contributed by atoms with Crippen molar-refractivity contribution >= 4 is 0 Å². The molecule has 2 N–H and O–H groups in total.